The van der Waals surface area contributed by atoms with Crippen LogP contribution in [0.3, 0.4) is 0 Å². The Morgan fingerprint density at radius 1 is 1.18 bits per heavy atom. The molecule has 1 aromatic carbocycles. The zero-order valence-corrected chi connectivity index (χ0v) is 9.89. The van der Waals surface area contributed by atoms with E-state index in [1.165, 1.54) is 0 Å². The third kappa shape index (κ3) is 4.91. The Morgan fingerprint density at radius 3 is 2.29 bits per heavy atom. The van der Waals surface area contributed by atoms with Crippen molar-refractivity contribution in [1.82, 2.24) is 10.6 Å². The van der Waals surface area contributed by atoms with Crippen LogP contribution in [-0.2, 0) is 0 Å². The molecule has 0 bridgehead atoms. The number of hydrogen-bond donors (Lipinski definition) is 2. The summed E-state index contributed by atoms with van der Waals surface area (Å²) in [5, 5.41) is 5.69. The summed E-state index contributed by atoms with van der Waals surface area (Å²) in [5.74, 6) is -1.99. The Kier molecular flexibility index (Phi) is 5.03. The van der Waals surface area contributed by atoms with Gasteiger partial charge in [-0.15, -0.1) is 0 Å². The summed E-state index contributed by atoms with van der Waals surface area (Å²) in [6, 6.07) is 3.08. The summed E-state index contributed by atoms with van der Waals surface area (Å²) in [4.78, 5) is 11.5. The highest BCUT2D eigenvalue weighted by Crippen LogP contribution is 2.07. The Bertz CT molecular complexity index is 374. The molecule has 17 heavy (non-hydrogen) atoms. The molecule has 0 atom stereocenters. The van der Waals surface area contributed by atoms with Crippen LogP contribution in [-0.4, -0.2) is 25.0 Å². The highest BCUT2D eigenvalue weighted by molar-refractivity contribution is 5.94. The Labute approximate surface area is 99.2 Å². The van der Waals surface area contributed by atoms with E-state index < -0.39 is 17.5 Å². The molecule has 0 radical (unpaired) electrons. The quantitative estimate of drug-likeness (QED) is 0.771. The molecule has 0 fully saturated rings. The first kappa shape index (κ1) is 13.6. The normalized spacial score (nSPS) is 10.6. The van der Waals surface area contributed by atoms with Crippen LogP contribution < -0.4 is 10.6 Å². The molecule has 1 amide bonds. The zero-order valence-electron chi connectivity index (χ0n) is 9.89. The Morgan fingerprint density at radius 2 is 1.76 bits per heavy atom. The Balaban J connectivity index is 2.47. The molecule has 0 aliphatic rings. The van der Waals surface area contributed by atoms with E-state index in [9.17, 15) is 13.6 Å². The van der Waals surface area contributed by atoms with Gasteiger partial charge >= 0.3 is 0 Å². The van der Waals surface area contributed by atoms with Crippen molar-refractivity contribution in [2.45, 2.75) is 19.9 Å². The molecule has 0 heterocycles. The second-order valence-corrected chi connectivity index (χ2v) is 4.02. The number of benzene rings is 1. The third-order valence-corrected chi connectivity index (χ3v) is 2.09. The topological polar surface area (TPSA) is 41.1 Å². The fourth-order valence-corrected chi connectivity index (χ4v) is 1.32. The van der Waals surface area contributed by atoms with Crippen LogP contribution >= 0.6 is 0 Å². The molecule has 5 heteroatoms. The van der Waals surface area contributed by atoms with E-state index in [0.717, 1.165) is 18.2 Å². The fraction of sp³-hybridized carbons (Fsp3) is 0.417. The summed E-state index contributed by atoms with van der Waals surface area (Å²) in [5.41, 5.74) is -0.00736. The van der Waals surface area contributed by atoms with Gasteiger partial charge in [-0.2, -0.15) is 0 Å². The van der Waals surface area contributed by atoms with Gasteiger partial charge in [-0.1, -0.05) is 13.8 Å². The molecule has 0 saturated heterocycles. The molecule has 0 aromatic heterocycles. The monoisotopic (exact) mass is 242 g/mol. The summed E-state index contributed by atoms with van der Waals surface area (Å²) in [7, 11) is 0. The number of nitrogens with one attached hydrogen (secondary N) is 2. The van der Waals surface area contributed by atoms with Crippen LogP contribution in [0.5, 0.6) is 0 Å². The van der Waals surface area contributed by atoms with Crippen LogP contribution in [0.4, 0.5) is 8.78 Å². The lowest BCUT2D eigenvalue weighted by Gasteiger charge is -2.09. The maximum absolute atomic E-state index is 12.9. The first-order valence-electron chi connectivity index (χ1n) is 5.46. The number of carbonyl (C=O) groups is 1. The van der Waals surface area contributed by atoms with Gasteiger partial charge in [0.2, 0.25) is 0 Å². The minimum absolute atomic E-state index is 0.00736. The molecule has 0 aliphatic carbocycles. The van der Waals surface area contributed by atoms with Gasteiger partial charge in [0.1, 0.15) is 11.6 Å². The maximum atomic E-state index is 12.9. The maximum Gasteiger partial charge on any atom is 0.251 e. The standard InChI is InChI=1S/C12H16F2N2O/c1-8(2)15-3-4-16-12(17)9-5-10(13)7-11(14)6-9/h5-8,15H,3-4H2,1-2H3,(H,16,17). The lowest BCUT2D eigenvalue weighted by molar-refractivity contribution is 0.0952. The average Bonchev–Trinajstić information content (AvgIpc) is 2.22. The fourth-order valence-electron chi connectivity index (χ4n) is 1.32. The number of rotatable bonds is 5. The predicted molar refractivity (Wildman–Crippen MR) is 61.8 cm³/mol. The van der Waals surface area contributed by atoms with Gasteiger partial charge in [-0.25, -0.2) is 8.78 Å². The number of halogens is 2. The number of hydrogen-bond acceptors (Lipinski definition) is 2. The lowest BCUT2D eigenvalue weighted by atomic mass is 10.2. The van der Waals surface area contributed by atoms with Gasteiger partial charge in [0.05, 0.1) is 0 Å². The molecular formula is C12H16F2N2O. The Hall–Kier alpha value is -1.49. The molecular weight excluding hydrogens is 226 g/mol. The zero-order chi connectivity index (χ0) is 12.8. The predicted octanol–water partition coefficient (Wildman–Crippen LogP) is 1.69. The summed E-state index contributed by atoms with van der Waals surface area (Å²) in [6.07, 6.45) is 0. The van der Waals surface area contributed by atoms with Crippen LogP contribution in [0.25, 0.3) is 0 Å². The summed E-state index contributed by atoms with van der Waals surface area (Å²) >= 11 is 0. The van der Waals surface area contributed by atoms with Crippen molar-refractivity contribution in [2.75, 3.05) is 13.1 Å². The van der Waals surface area contributed by atoms with Crippen LogP contribution in [0, 0.1) is 11.6 Å². The van der Waals surface area contributed by atoms with Crippen molar-refractivity contribution in [2.24, 2.45) is 0 Å². The summed E-state index contributed by atoms with van der Waals surface area (Å²) < 4.78 is 25.7. The number of carbonyl (C=O) groups excluding carboxylic acids is 1. The molecule has 1 aromatic rings. The van der Waals surface area contributed by atoms with Crippen molar-refractivity contribution in [1.29, 1.82) is 0 Å². The van der Waals surface area contributed by atoms with E-state index in [4.69, 9.17) is 0 Å². The molecule has 0 aliphatic heterocycles. The van der Waals surface area contributed by atoms with Crippen molar-refractivity contribution in [3.05, 3.63) is 35.4 Å². The minimum atomic E-state index is -0.754. The average molecular weight is 242 g/mol. The molecule has 2 N–H and O–H groups in total. The first-order valence-corrected chi connectivity index (χ1v) is 5.46. The third-order valence-electron chi connectivity index (χ3n) is 2.09. The van der Waals surface area contributed by atoms with Crippen molar-refractivity contribution >= 4 is 5.91 Å². The van der Waals surface area contributed by atoms with Gasteiger partial charge in [-0.05, 0) is 12.1 Å². The van der Waals surface area contributed by atoms with E-state index in [-0.39, 0.29) is 5.56 Å². The molecule has 1 rings (SSSR count). The van der Waals surface area contributed by atoms with Gasteiger partial charge < -0.3 is 10.6 Å². The number of amides is 1. The van der Waals surface area contributed by atoms with Crippen molar-refractivity contribution in [3.63, 3.8) is 0 Å². The van der Waals surface area contributed by atoms with E-state index in [1.54, 1.807) is 0 Å². The molecule has 0 unspecified atom stereocenters. The van der Waals surface area contributed by atoms with Gasteiger partial charge in [0.25, 0.3) is 5.91 Å². The van der Waals surface area contributed by atoms with E-state index in [2.05, 4.69) is 10.6 Å². The molecule has 0 spiro atoms. The van der Waals surface area contributed by atoms with Crippen LogP contribution in [0.1, 0.15) is 24.2 Å². The van der Waals surface area contributed by atoms with Crippen LogP contribution in [0.15, 0.2) is 18.2 Å². The summed E-state index contributed by atoms with van der Waals surface area (Å²) in [6.45, 7) is 5.00. The van der Waals surface area contributed by atoms with Crippen molar-refractivity contribution in [3.8, 4) is 0 Å². The highest BCUT2D eigenvalue weighted by Gasteiger charge is 2.08. The lowest BCUT2D eigenvalue weighted by Crippen LogP contribution is -2.34. The van der Waals surface area contributed by atoms with Crippen molar-refractivity contribution < 1.29 is 13.6 Å². The SMILES string of the molecule is CC(C)NCCNC(=O)c1cc(F)cc(F)c1. The van der Waals surface area contributed by atoms with Gasteiger partial charge in [0, 0.05) is 30.8 Å². The second kappa shape index (κ2) is 6.30. The molecule has 3 nitrogen and oxygen atoms in total. The minimum Gasteiger partial charge on any atom is -0.351 e. The second-order valence-electron chi connectivity index (χ2n) is 4.02. The van der Waals surface area contributed by atoms with Crippen LogP contribution in [0.2, 0.25) is 0 Å². The van der Waals surface area contributed by atoms with E-state index >= 15 is 0 Å². The van der Waals surface area contributed by atoms with E-state index in [1.807, 2.05) is 13.8 Å². The van der Waals surface area contributed by atoms with Gasteiger partial charge in [-0.3, -0.25) is 4.79 Å². The molecule has 0 saturated carbocycles. The molecule has 94 valence electrons. The largest absolute Gasteiger partial charge is 0.351 e. The van der Waals surface area contributed by atoms with Gasteiger partial charge in [0.15, 0.2) is 0 Å². The smallest absolute Gasteiger partial charge is 0.251 e. The van der Waals surface area contributed by atoms with E-state index in [0.29, 0.717) is 19.1 Å². The first-order chi connectivity index (χ1) is 7.99. The highest BCUT2D eigenvalue weighted by atomic mass is 19.1.